The molecule has 0 aliphatic rings. The molecule has 3 heterocycles. The molecule has 0 spiro atoms. The van der Waals surface area contributed by atoms with Crippen LogP contribution in [-0.2, 0) is 0 Å². The van der Waals surface area contributed by atoms with E-state index in [1.54, 1.807) is 6.20 Å². The predicted molar refractivity (Wildman–Crippen MR) is 122 cm³/mol. The summed E-state index contributed by atoms with van der Waals surface area (Å²) in [5, 5.41) is 4.34. The van der Waals surface area contributed by atoms with Crippen molar-refractivity contribution in [1.82, 2.24) is 15.0 Å². The minimum atomic E-state index is 0.782. The average Bonchev–Trinajstić information content (AvgIpc) is 3.24. The zero-order chi connectivity index (χ0) is 20.2. The number of pyridine rings is 2. The van der Waals surface area contributed by atoms with Crippen molar-refractivity contribution in [1.29, 1.82) is 0 Å². The van der Waals surface area contributed by atoms with Crippen LogP contribution in [0.15, 0.2) is 109 Å². The van der Waals surface area contributed by atoms with Crippen LogP contribution in [0.5, 0.6) is 0 Å². The average molecular weight is 389 g/mol. The number of nitrogens with one attached hydrogen (secondary N) is 2. The van der Waals surface area contributed by atoms with E-state index in [1.165, 1.54) is 0 Å². The van der Waals surface area contributed by atoms with E-state index in [0.717, 1.165) is 45.1 Å². The number of benzene rings is 2. The molecule has 5 heteroatoms. The monoisotopic (exact) mass is 389 g/mol. The van der Waals surface area contributed by atoms with Gasteiger partial charge in [-0.15, -0.1) is 0 Å². The second kappa shape index (κ2) is 8.01. The van der Waals surface area contributed by atoms with E-state index in [2.05, 4.69) is 20.3 Å². The zero-order valence-corrected chi connectivity index (χ0v) is 16.2. The maximum absolute atomic E-state index is 4.94. The minimum Gasteiger partial charge on any atom is -0.345 e. The molecule has 0 fully saturated rings. The van der Waals surface area contributed by atoms with Gasteiger partial charge in [0.1, 0.15) is 11.5 Å². The molecule has 0 aliphatic carbocycles. The fourth-order valence-electron chi connectivity index (χ4n) is 3.34. The summed E-state index contributed by atoms with van der Waals surface area (Å²) in [4.78, 5) is 17.2. The van der Waals surface area contributed by atoms with Crippen LogP contribution in [0.3, 0.4) is 0 Å². The third-order valence-electron chi connectivity index (χ3n) is 4.79. The Morgan fingerprint density at radius 2 is 1.60 bits per heavy atom. The van der Waals surface area contributed by atoms with Crippen molar-refractivity contribution >= 4 is 33.9 Å². The summed E-state index contributed by atoms with van der Waals surface area (Å²) in [7, 11) is 0. The number of fused-ring (bicyclic) bond motifs is 1. The van der Waals surface area contributed by atoms with Crippen LogP contribution in [0.2, 0.25) is 0 Å². The van der Waals surface area contributed by atoms with Gasteiger partial charge in [0.05, 0.1) is 11.4 Å². The maximum Gasteiger partial charge on any atom is 0.137 e. The highest BCUT2D eigenvalue weighted by Gasteiger charge is 2.14. The fraction of sp³-hybridized carbons (Fsp3) is 0. The summed E-state index contributed by atoms with van der Waals surface area (Å²) >= 11 is 0. The summed E-state index contributed by atoms with van der Waals surface area (Å²) in [5.74, 6) is 0.782. The molecule has 0 atom stereocenters. The number of hydrogen-bond donors (Lipinski definition) is 2. The van der Waals surface area contributed by atoms with Crippen LogP contribution >= 0.6 is 0 Å². The van der Waals surface area contributed by atoms with Crippen LogP contribution in [0, 0.1) is 0 Å². The molecule has 30 heavy (non-hydrogen) atoms. The van der Waals surface area contributed by atoms with Gasteiger partial charge in [-0.2, -0.15) is 0 Å². The molecular formula is C25H19N5. The van der Waals surface area contributed by atoms with Crippen molar-refractivity contribution < 1.29 is 0 Å². The van der Waals surface area contributed by atoms with Crippen molar-refractivity contribution in [3.8, 4) is 0 Å². The first kappa shape index (κ1) is 17.8. The molecular weight excluding hydrogens is 370 g/mol. The summed E-state index contributed by atoms with van der Waals surface area (Å²) in [6.07, 6.45) is 5.58. The van der Waals surface area contributed by atoms with Crippen LogP contribution < -0.4 is 5.32 Å². The molecule has 5 aromatic rings. The number of H-pyrrole nitrogens is 1. The molecule has 0 amide bonds. The van der Waals surface area contributed by atoms with E-state index in [0.29, 0.717) is 0 Å². The maximum atomic E-state index is 4.94. The third kappa shape index (κ3) is 3.69. The molecule has 0 saturated heterocycles. The Balaban J connectivity index is 1.56. The second-order valence-corrected chi connectivity index (χ2v) is 6.82. The summed E-state index contributed by atoms with van der Waals surface area (Å²) < 4.78 is 0. The second-order valence-electron chi connectivity index (χ2n) is 6.82. The topological polar surface area (TPSA) is 66.0 Å². The van der Waals surface area contributed by atoms with E-state index in [9.17, 15) is 0 Å². The van der Waals surface area contributed by atoms with E-state index in [-0.39, 0.29) is 0 Å². The molecule has 0 saturated carbocycles. The van der Waals surface area contributed by atoms with Gasteiger partial charge in [-0.25, -0.2) is 15.0 Å². The first-order valence-electron chi connectivity index (χ1n) is 9.71. The van der Waals surface area contributed by atoms with E-state index >= 15 is 0 Å². The van der Waals surface area contributed by atoms with Gasteiger partial charge in [0.15, 0.2) is 0 Å². The van der Waals surface area contributed by atoms with Crippen molar-refractivity contribution in [2.24, 2.45) is 4.99 Å². The van der Waals surface area contributed by atoms with E-state index < -0.39 is 0 Å². The molecule has 3 aromatic heterocycles. The van der Waals surface area contributed by atoms with Crippen molar-refractivity contribution in [2.75, 3.05) is 5.32 Å². The number of rotatable bonds is 5. The standard InChI is InChI=1S/C25H19N5/c1-3-8-19(9-4-1)29-23-14-13-18(16-27-23)24(30-20-10-5-2-6-11-20)22-17-28-25-21(22)12-7-15-26-25/h1-17H,(H,26,28)(H,27,29)/b30-24-. The number of anilines is 2. The number of aromatic amines is 1. The molecule has 0 aliphatic heterocycles. The van der Waals surface area contributed by atoms with Crippen LogP contribution in [0.1, 0.15) is 11.1 Å². The summed E-state index contributed by atoms with van der Waals surface area (Å²) in [6.45, 7) is 0. The Bertz CT molecular complexity index is 1290. The molecule has 2 aromatic carbocycles. The lowest BCUT2D eigenvalue weighted by Gasteiger charge is -2.09. The van der Waals surface area contributed by atoms with Crippen LogP contribution in [0.4, 0.5) is 17.2 Å². The highest BCUT2D eigenvalue weighted by atomic mass is 15.0. The molecule has 0 bridgehead atoms. The first-order chi connectivity index (χ1) is 14.9. The molecule has 144 valence electrons. The normalized spacial score (nSPS) is 11.5. The highest BCUT2D eigenvalue weighted by Crippen LogP contribution is 2.24. The lowest BCUT2D eigenvalue weighted by molar-refractivity contribution is 1.29. The van der Waals surface area contributed by atoms with Gasteiger partial charge >= 0.3 is 0 Å². The Morgan fingerprint density at radius 3 is 2.37 bits per heavy atom. The third-order valence-corrected chi connectivity index (χ3v) is 4.79. The Morgan fingerprint density at radius 1 is 0.800 bits per heavy atom. The van der Waals surface area contributed by atoms with Crippen LogP contribution in [-0.4, -0.2) is 20.7 Å². The molecule has 0 unspecified atom stereocenters. The van der Waals surface area contributed by atoms with Crippen molar-refractivity contribution in [3.63, 3.8) is 0 Å². The van der Waals surface area contributed by atoms with Gasteiger partial charge in [0.2, 0.25) is 0 Å². The Kier molecular flexibility index (Phi) is 4.76. The van der Waals surface area contributed by atoms with Crippen molar-refractivity contribution in [3.05, 3.63) is 115 Å². The van der Waals surface area contributed by atoms with Crippen molar-refractivity contribution in [2.45, 2.75) is 0 Å². The van der Waals surface area contributed by atoms with E-state index in [1.807, 2.05) is 97.3 Å². The highest BCUT2D eigenvalue weighted by molar-refractivity contribution is 6.19. The molecule has 5 nitrogen and oxygen atoms in total. The van der Waals surface area contributed by atoms with Gasteiger partial charge in [-0.05, 0) is 48.5 Å². The van der Waals surface area contributed by atoms with Gasteiger partial charge in [-0.3, -0.25) is 0 Å². The fourth-order valence-corrected chi connectivity index (χ4v) is 3.34. The number of aromatic nitrogens is 3. The van der Waals surface area contributed by atoms with Crippen LogP contribution in [0.25, 0.3) is 11.0 Å². The quantitative estimate of drug-likeness (QED) is 0.369. The molecule has 2 N–H and O–H groups in total. The lowest BCUT2D eigenvalue weighted by atomic mass is 10.0. The summed E-state index contributed by atoms with van der Waals surface area (Å²) in [6, 6.07) is 27.9. The molecule has 0 radical (unpaired) electrons. The summed E-state index contributed by atoms with van der Waals surface area (Å²) in [5.41, 5.74) is 5.49. The minimum absolute atomic E-state index is 0.782. The number of hydrogen-bond acceptors (Lipinski definition) is 4. The van der Waals surface area contributed by atoms with Gasteiger partial charge in [-0.1, -0.05) is 36.4 Å². The number of nitrogens with zero attached hydrogens (tertiary/aromatic N) is 3. The van der Waals surface area contributed by atoms with E-state index in [4.69, 9.17) is 4.99 Å². The largest absolute Gasteiger partial charge is 0.345 e. The lowest BCUT2D eigenvalue weighted by Crippen LogP contribution is -2.04. The van der Waals surface area contributed by atoms with Gasteiger partial charge in [0, 0.05) is 40.8 Å². The van der Waals surface area contributed by atoms with Gasteiger partial charge < -0.3 is 10.3 Å². The number of aliphatic imine (C=N–C) groups is 1. The zero-order valence-electron chi connectivity index (χ0n) is 16.2. The smallest absolute Gasteiger partial charge is 0.137 e. The first-order valence-corrected chi connectivity index (χ1v) is 9.71. The molecule has 5 rings (SSSR count). The SMILES string of the molecule is c1ccc(/N=C(/c2ccc(Nc3ccccc3)nc2)c2c[nH]c3ncccc23)cc1. The Hall–Kier alpha value is -4.25. The Labute approximate surface area is 174 Å². The predicted octanol–water partition coefficient (Wildman–Crippen LogP) is 5.87. The van der Waals surface area contributed by atoms with Gasteiger partial charge in [0.25, 0.3) is 0 Å². The number of para-hydroxylation sites is 2.